The molecule has 1 aliphatic carbocycles. The summed E-state index contributed by atoms with van der Waals surface area (Å²) >= 11 is 6.16. The lowest BCUT2D eigenvalue weighted by atomic mass is 10.1. The molecule has 0 aliphatic heterocycles. The Morgan fingerprint density at radius 3 is 2.36 bits per heavy atom. The molecule has 0 bridgehead atoms. The van der Waals surface area contributed by atoms with Gasteiger partial charge in [0.05, 0.1) is 5.69 Å². The second-order valence-electron chi connectivity index (χ2n) is 8.20. The van der Waals surface area contributed by atoms with Crippen molar-refractivity contribution in [2.24, 2.45) is 0 Å². The van der Waals surface area contributed by atoms with E-state index in [1.807, 2.05) is 26.0 Å². The van der Waals surface area contributed by atoms with E-state index in [0.717, 1.165) is 42.5 Å². The number of nitrogens with one attached hydrogen (secondary N) is 2. The van der Waals surface area contributed by atoms with E-state index in [2.05, 4.69) is 25.3 Å². The Balaban J connectivity index is 1.72. The zero-order valence-electron chi connectivity index (χ0n) is 18.3. The molecule has 1 aliphatic rings. The Morgan fingerprint density at radius 1 is 1.00 bits per heavy atom. The highest BCUT2D eigenvalue weighted by atomic mass is 35.5. The van der Waals surface area contributed by atoms with Crippen molar-refractivity contribution in [1.82, 2.24) is 9.97 Å². The van der Waals surface area contributed by atoms with E-state index < -0.39 is 6.36 Å². The predicted octanol–water partition coefficient (Wildman–Crippen LogP) is 7.41. The minimum atomic E-state index is -4.77. The third-order valence-electron chi connectivity index (χ3n) is 5.53. The van der Waals surface area contributed by atoms with Crippen LogP contribution in [0, 0.1) is 13.8 Å². The second kappa shape index (κ2) is 9.47. The molecule has 1 heterocycles. The summed E-state index contributed by atoms with van der Waals surface area (Å²) in [6.07, 6.45) is -0.429. The number of benzene rings is 2. The van der Waals surface area contributed by atoms with Gasteiger partial charge in [-0.1, -0.05) is 36.6 Å². The number of ether oxygens (including phenoxy) is 1. The van der Waals surface area contributed by atoms with Crippen LogP contribution in [0.4, 0.5) is 30.6 Å². The first-order chi connectivity index (χ1) is 15.7. The van der Waals surface area contributed by atoms with Crippen LogP contribution in [-0.2, 0) is 0 Å². The van der Waals surface area contributed by atoms with Crippen molar-refractivity contribution >= 4 is 29.1 Å². The summed E-state index contributed by atoms with van der Waals surface area (Å²) in [7, 11) is 0. The summed E-state index contributed by atoms with van der Waals surface area (Å²) in [5.74, 6) is 0.646. The molecule has 4 rings (SSSR count). The quantitative estimate of drug-likeness (QED) is 0.388. The van der Waals surface area contributed by atoms with Crippen LogP contribution >= 0.6 is 11.6 Å². The summed E-state index contributed by atoms with van der Waals surface area (Å²) in [5.41, 5.74) is 3.73. The summed E-state index contributed by atoms with van der Waals surface area (Å²) in [6.45, 7) is 3.89. The molecular weight excluding hydrogens is 453 g/mol. The van der Waals surface area contributed by atoms with Gasteiger partial charge in [0.2, 0.25) is 5.95 Å². The van der Waals surface area contributed by atoms with Crippen LogP contribution in [0.15, 0.2) is 42.5 Å². The molecule has 2 aromatic carbocycles. The number of halogens is 4. The highest BCUT2D eigenvalue weighted by Crippen LogP contribution is 2.32. The van der Waals surface area contributed by atoms with Gasteiger partial charge in [-0.25, -0.2) is 4.98 Å². The van der Waals surface area contributed by atoms with E-state index in [-0.39, 0.29) is 11.8 Å². The van der Waals surface area contributed by atoms with Gasteiger partial charge in [0.25, 0.3) is 0 Å². The topological polar surface area (TPSA) is 59.1 Å². The average Bonchev–Trinajstić information content (AvgIpc) is 3.22. The van der Waals surface area contributed by atoms with Gasteiger partial charge >= 0.3 is 6.36 Å². The van der Waals surface area contributed by atoms with Crippen molar-refractivity contribution in [2.45, 2.75) is 51.9 Å². The first-order valence-corrected chi connectivity index (χ1v) is 11.1. The van der Waals surface area contributed by atoms with Crippen LogP contribution in [-0.4, -0.2) is 22.4 Å². The summed E-state index contributed by atoms with van der Waals surface area (Å²) in [4.78, 5) is 9.21. The van der Waals surface area contributed by atoms with E-state index in [1.54, 1.807) is 12.1 Å². The number of alkyl halides is 3. The van der Waals surface area contributed by atoms with Crippen molar-refractivity contribution in [3.05, 3.63) is 58.6 Å². The molecule has 0 atom stereocenters. The Morgan fingerprint density at radius 2 is 1.70 bits per heavy atom. The van der Waals surface area contributed by atoms with E-state index >= 15 is 0 Å². The molecule has 0 unspecified atom stereocenters. The SMILES string of the molecule is Cc1cc(Cl)cc(C)c1Nc1cc(-c2cccc(OC(F)(F)F)c2)nc(NC2CCCC2)n1. The molecule has 1 fully saturated rings. The maximum absolute atomic E-state index is 12.7. The molecule has 2 N–H and O–H groups in total. The number of anilines is 3. The van der Waals surface area contributed by atoms with Gasteiger partial charge in [0, 0.05) is 28.4 Å². The minimum Gasteiger partial charge on any atom is -0.406 e. The molecule has 9 heteroatoms. The summed E-state index contributed by atoms with van der Waals surface area (Å²) in [5, 5.41) is 7.35. The van der Waals surface area contributed by atoms with Gasteiger partial charge in [-0.15, -0.1) is 13.2 Å². The van der Waals surface area contributed by atoms with Crippen LogP contribution in [0.1, 0.15) is 36.8 Å². The fourth-order valence-corrected chi connectivity index (χ4v) is 4.39. The first kappa shape index (κ1) is 23.2. The van der Waals surface area contributed by atoms with Gasteiger partial charge in [-0.3, -0.25) is 0 Å². The molecule has 1 saturated carbocycles. The maximum atomic E-state index is 12.7. The Kier molecular flexibility index (Phi) is 6.65. The zero-order chi connectivity index (χ0) is 23.6. The van der Waals surface area contributed by atoms with Gasteiger partial charge in [-0.05, 0) is 62.1 Å². The van der Waals surface area contributed by atoms with Gasteiger partial charge in [0.1, 0.15) is 11.6 Å². The smallest absolute Gasteiger partial charge is 0.406 e. The molecule has 174 valence electrons. The Labute approximate surface area is 195 Å². The van der Waals surface area contributed by atoms with Gasteiger partial charge in [0.15, 0.2) is 0 Å². The maximum Gasteiger partial charge on any atom is 0.573 e. The monoisotopic (exact) mass is 476 g/mol. The highest BCUT2D eigenvalue weighted by Gasteiger charge is 2.31. The molecule has 0 amide bonds. The average molecular weight is 477 g/mol. The second-order valence-corrected chi connectivity index (χ2v) is 8.64. The third kappa shape index (κ3) is 6.07. The van der Waals surface area contributed by atoms with Crippen molar-refractivity contribution in [1.29, 1.82) is 0 Å². The number of rotatable bonds is 6. The van der Waals surface area contributed by atoms with E-state index in [9.17, 15) is 13.2 Å². The van der Waals surface area contributed by atoms with Crippen molar-refractivity contribution in [2.75, 3.05) is 10.6 Å². The highest BCUT2D eigenvalue weighted by molar-refractivity contribution is 6.30. The molecule has 33 heavy (non-hydrogen) atoms. The third-order valence-corrected chi connectivity index (χ3v) is 5.75. The Bertz CT molecular complexity index is 1120. The normalized spacial score (nSPS) is 14.4. The lowest BCUT2D eigenvalue weighted by Crippen LogP contribution is -2.17. The van der Waals surface area contributed by atoms with E-state index in [1.165, 1.54) is 18.2 Å². The fraction of sp³-hybridized carbons (Fsp3) is 0.333. The predicted molar refractivity (Wildman–Crippen MR) is 124 cm³/mol. The standard InChI is InChI=1S/C24H24ClF3N4O/c1-14-10-17(25)11-15(2)22(14)31-21-13-20(30-23(32-21)29-18-7-3-4-8-18)16-6-5-9-19(12-16)33-24(26,27)28/h5-6,9-13,18H,3-4,7-8H2,1-2H3,(H2,29,30,31,32). The van der Waals surface area contributed by atoms with E-state index in [4.69, 9.17) is 11.6 Å². The largest absolute Gasteiger partial charge is 0.573 e. The number of nitrogens with zero attached hydrogens (tertiary/aromatic N) is 2. The number of aromatic nitrogens is 2. The first-order valence-electron chi connectivity index (χ1n) is 10.7. The summed E-state index contributed by atoms with van der Waals surface area (Å²) in [6, 6.07) is 11.5. The van der Waals surface area contributed by atoms with Crippen molar-refractivity contribution in [3.63, 3.8) is 0 Å². The number of hydrogen-bond acceptors (Lipinski definition) is 5. The van der Waals surface area contributed by atoms with Crippen LogP contribution in [0.5, 0.6) is 5.75 Å². The fourth-order valence-electron chi connectivity index (χ4n) is 4.06. The van der Waals surface area contributed by atoms with Crippen LogP contribution < -0.4 is 15.4 Å². The molecule has 0 spiro atoms. The number of aryl methyl sites for hydroxylation is 2. The molecule has 0 radical (unpaired) electrons. The van der Waals surface area contributed by atoms with E-state index in [0.29, 0.717) is 28.0 Å². The Hall–Kier alpha value is -3.00. The summed E-state index contributed by atoms with van der Waals surface area (Å²) < 4.78 is 42.2. The van der Waals surface area contributed by atoms with Crippen molar-refractivity contribution < 1.29 is 17.9 Å². The molecule has 3 aromatic rings. The van der Waals surface area contributed by atoms with Crippen molar-refractivity contribution in [3.8, 4) is 17.0 Å². The van der Waals surface area contributed by atoms with Gasteiger partial charge in [-0.2, -0.15) is 4.98 Å². The van der Waals surface area contributed by atoms with Gasteiger partial charge < -0.3 is 15.4 Å². The van der Waals surface area contributed by atoms with Crippen LogP contribution in [0.2, 0.25) is 5.02 Å². The van der Waals surface area contributed by atoms with Crippen LogP contribution in [0.25, 0.3) is 11.3 Å². The molecule has 1 aromatic heterocycles. The number of hydrogen-bond donors (Lipinski definition) is 2. The zero-order valence-corrected chi connectivity index (χ0v) is 19.0. The molecule has 5 nitrogen and oxygen atoms in total. The van der Waals surface area contributed by atoms with Crippen LogP contribution in [0.3, 0.4) is 0 Å². The lowest BCUT2D eigenvalue weighted by Gasteiger charge is -2.17. The lowest BCUT2D eigenvalue weighted by molar-refractivity contribution is -0.274. The molecule has 0 saturated heterocycles. The minimum absolute atomic E-state index is 0.270. The molecular formula is C24H24ClF3N4O.